The molecule has 0 fully saturated rings. The third-order valence-electron chi connectivity index (χ3n) is 13.7. The standard InChI is InChI=1S/C66H43FN2O/c67-62-40-47(44-19-6-1-7-20-44)39-58(45-21-8-2-9-22-45)66(62)69(50-27-14-5-15-28-50)51-35-33-46(34-36-51)57-42-60-56-31-18-32-63-65(56)61(43-59(60)54-30-17-16-29-53(54)57)55-38-37-52(41-64(55)70-63)68(48-23-10-3-11-24-48)49-25-12-4-13-26-49/h1-43H. The summed E-state index contributed by atoms with van der Waals surface area (Å²) in [6.45, 7) is 0. The van der Waals surface area contributed by atoms with Crippen LogP contribution in [0.15, 0.2) is 261 Å². The third-order valence-corrected chi connectivity index (χ3v) is 13.7. The second-order valence-electron chi connectivity index (χ2n) is 17.8. The van der Waals surface area contributed by atoms with E-state index in [0.717, 1.165) is 106 Å². The van der Waals surface area contributed by atoms with Crippen molar-refractivity contribution in [2.45, 2.75) is 0 Å². The second-order valence-corrected chi connectivity index (χ2v) is 17.8. The maximum absolute atomic E-state index is 17.2. The number of fused-ring (bicyclic) bond motifs is 6. The number of rotatable bonds is 9. The first-order valence-electron chi connectivity index (χ1n) is 23.7. The highest BCUT2D eigenvalue weighted by molar-refractivity contribution is 6.25. The summed E-state index contributed by atoms with van der Waals surface area (Å²) < 4.78 is 24.1. The van der Waals surface area contributed by atoms with E-state index in [4.69, 9.17) is 4.74 Å². The molecule has 12 aromatic carbocycles. The number of nitrogens with zero attached hydrogens (tertiary/aromatic N) is 2. The molecule has 0 atom stereocenters. The van der Waals surface area contributed by atoms with E-state index < -0.39 is 0 Å². The molecule has 0 aliphatic carbocycles. The topological polar surface area (TPSA) is 15.7 Å². The first-order valence-corrected chi connectivity index (χ1v) is 23.7. The van der Waals surface area contributed by atoms with Crippen LogP contribution in [0.3, 0.4) is 0 Å². The Hall–Kier alpha value is -9.25. The van der Waals surface area contributed by atoms with Gasteiger partial charge in [0, 0.05) is 51.0 Å². The van der Waals surface area contributed by atoms with Crippen LogP contribution in [0.1, 0.15) is 0 Å². The maximum Gasteiger partial charge on any atom is 0.148 e. The molecule has 3 nitrogen and oxygen atoms in total. The van der Waals surface area contributed by atoms with Crippen molar-refractivity contribution >= 4 is 66.4 Å². The molecule has 4 heteroatoms. The van der Waals surface area contributed by atoms with Crippen molar-refractivity contribution in [1.82, 2.24) is 0 Å². The molecule has 0 saturated carbocycles. The van der Waals surface area contributed by atoms with Crippen molar-refractivity contribution in [3.8, 4) is 56.0 Å². The van der Waals surface area contributed by atoms with Gasteiger partial charge in [-0.2, -0.15) is 0 Å². The maximum atomic E-state index is 17.2. The zero-order chi connectivity index (χ0) is 46.5. The molecule has 1 aliphatic rings. The highest BCUT2D eigenvalue weighted by Crippen LogP contribution is 2.52. The highest BCUT2D eigenvalue weighted by atomic mass is 19.1. The number of ether oxygens (including phenoxy) is 1. The van der Waals surface area contributed by atoms with Gasteiger partial charge in [-0.15, -0.1) is 0 Å². The van der Waals surface area contributed by atoms with Crippen LogP contribution in [0.4, 0.5) is 38.5 Å². The van der Waals surface area contributed by atoms with Gasteiger partial charge in [-0.3, -0.25) is 0 Å². The van der Waals surface area contributed by atoms with Crippen LogP contribution in [0, 0.1) is 5.82 Å². The van der Waals surface area contributed by atoms with E-state index in [1.807, 2.05) is 95.9 Å². The van der Waals surface area contributed by atoms with Gasteiger partial charge in [-0.1, -0.05) is 164 Å². The van der Waals surface area contributed by atoms with Gasteiger partial charge in [0.15, 0.2) is 0 Å². The Morgan fingerprint density at radius 2 is 0.771 bits per heavy atom. The van der Waals surface area contributed by atoms with Gasteiger partial charge in [-0.25, -0.2) is 4.39 Å². The van der Waals surface area contributed by atoms with Crippen molar-refractivity contribution in [2.24, 2.45) is 0 Å². The van der Waals surface area contributed by atoms with Gasteiger partial charge in [-0.05, 0) is 151 Å². The number of hydrogen-bond donors (Lipinski definition) is 0. The molecule has 13 rings (SSSR count). The average molecular weight is 899 g/mol. The Bertz CT molecular complexity index is 3860. The van der Waals surface area contributed by atoms with Crippen LogP contribution in [-0.2, 0) is 0 Å². The third kappa shape index (κ3) is 7.05. The molecule has 0 unspecified atom stereocenters. The molecular formula is C66H43FN2O. The fraction of sp³-hybridized carbons (Fsp3) is 0. The fourth-order valence-corrected chi connectivity index (χ4v) is 10.5. The average Bonchev–Trinajstić information content (AvgIpc) is 3.43. The number of benzene rings is 12. The lowest BCUT2D eigenvalue weighted by molar-refractivity contribution is 0.487. The van der Waals surface area contributed by atoms with Crippen molar-refractivity contribution in [3.05, 3.63) is 267 Å². The quantitative estimate of drug-likeness (QED) is 0.134. The van der Waals surface area contributed by atoms with Crippen molar-refractivity contribution in [2.75, 3.05) is 9.80 Å². The lowest BCUT2D eigenvalue weighted by atomic mass is 9.86. The van der Waals surface area contributed by atoms with Crippen LogP contribution < -0.4 is 14.5 Å². The molecule has 1 heterocycles. The normalized spacial score (nSPS) is 11.6. The summed E-state index contributed by atoms with van der Waals surface area (Å²) in [4.78, 5) is 4.32. The van der Waals surface area contributed by atoms with Crippen molar-refractivity contribution in [3.63, 3.8) is 0 Å². The first-order chi connectivity index (χ1) is 34.6. The number of para-hydroxylation sites is 3. The minimum Gasteiger partial charge on any atom is -0.456 e. The molecule has 1 aliphatic heterocycles. The van der Waals surface area contributed by atoms with E-state index in [9.17, 15) is 0 Å². The summed E-state index contributed by atoms with van der Waals surface area (Å²) in [7, 11) is 0. The monoisotopic (exact) mass is 898 g/mol. The first kappa shape index (κ1) is 41.0. The second kappa shape index (κ2) is 17.1. The lowest BCUT2D eigenvalue weighted by Gasteiger charge is -2.29. The Morgan fingerprint density at radius 3 is 1.43 bits per heavy atom. The summed E-state index contributed by atoms with van der Waals surface area (Å²) >= 11 is 0. The summed E-state index contributed by atoms with van der Waals surface area (Å²) in [5.74, 6) is 1.35. The van der Waals surface area contributed by atoms with E-state index in [1.54, 1.807) is 6.07 Å². The largest absolute Gasteiger partial charge is 0.456 e. The number of hydrogen-bond acceptors (Lipinski definition) is 3. The molecule has 330 valence electrons. The van der Waals surface area contributed by atoms with Gasteiger partial charge in [0.05, 0.1) is 5.69 Å². The molecule has 0 bridgehead atoms. The van der Waals surface area contributed by atoms with Gasteiger partial charge in [0.2, 0.25) is 0 Å². The number of halogens is 1. The molecule has 0 amide bonds. The molecule has 0 radical (unpaired) electrons. The Balaban J connectivity index is 0.942. The van der Waals surface area contributed by atoms with Crippen molar-refractivity contribution < 1.29 is 9.13 Å². The molecule has 12 aromatic rings. The highest BCUT2D eigenvalue weighted by Gasteiger charge is 2.26. The lowest BCUT2D eigenvalue weighted by Crippen LogP contribution is -2.13. The van der Waals surface area contributed by atoms with Crippen LogP contribution >= 0.6 is 0 Å². The SMILES string of the molecule is Fc1cc(-c2ccccc2)cc(-c2ccccc2)c1N(c1ccccc1)c1ccc(-c2cc3c4cccc5c4c(cc3c3ccccc23)-c2ccc(N(c3ccccc3)c3ccccc3)cc2O5)cc1. The minimum absolute atomic E-state index is 0.305. The van der Waals surface area contributed by atoms with Crippen LogP contribution in [0.5, 0.6) is 11.5 Å². The Kier molecular flexibility index (Phi) is 10.0. The van der Waals surface area contributed by atoms with Crippen LogP contribution in [0.2, 0.25) is 0 Å². The summed E-state index contributed by atoms with van der Waals surface area (Å²) in [5.41, 5.74) is 13.3. The fourth-order valence-electron chi connectivity index (χ4n) is 10.5. The summed E-state index contributed by atoms with van der Waals surface area (Å²) in [6.07, 6.45) is 0. The summed E-state index contributed by atoms with van der Waals surface area (Å²) in [5, 5.41) is 6.90. The minimum atomic E-state index is -0.305. The van der Waals surface area contributed by atoms with E-state index >= 15 is 4.39 Å². The molecule has 70 heavy (non-hydrogen) atoms. The van der Waals surface area contributed by atoms with Crippen LogP contribution in [-0.4, -0.2) is 0 Å². The molecule has 0 N–H and O–H groups in total. The van der Waals surface area contributed by atoms with Gasteiger partial charge in [0.1, 0.15) is 17.3 Å². The van der Waals surface area contributed by atoms with Gasteiger partial charge in [0.25, 0.3) is 0 Å². The van der Waals surface area contributed by atoms with Gasteiger partial charge >= 0.3 is 0 Å². The van der Waals surface area contributed by atoms with E-state index in [0.29, 0.717) is 5.69 Å². The smallest absolute Gasteiger partial charge is 0.148 e. The van der Waals surface area contributed by atoms with E-state index in [1.165, 1.54) is 10.8 Å². The predicted octanol–water partition coefficient (Wildman–Crippen LogP) is 19.0. The van der Waals surface area contributed by atoms with Gasteiger partial charge < -0.3 is 14.5 Å². The molecule has 0 saturated heterocycles. The van der Waals surface area contributed by atoms with Crippen molar-refractivity contribution in [1.29, 1.82) is 0 Å². The Morgan fingerprint density at radius 1 is 0.271 bits per heavy atom. The summed E-state index contributed by atoms with van der Waals surface area (Å²) in [6, 6.07) is 89.9. The van der Waals surface area contributed by atoms with E-state index in [-0.39, 0.29) is 5.82 Å². The Labute approximate surface area is 406 Å². The zero-order valence-corrected chi connectivity index (χ0v) is 38.0. The molecule has 0 spiro atoms. The predicted molar refractivity (Wildman–Crippen MR) is 290 cm³/mol. The number of anilines is 6. The van der Waals surface area contributed by atoms with E-state index in [2.05, 4.69) is 169 Å². The van der Waals surface area contributed by atoms with Crippen LogP contribution in [0.25, 0.3) is 76.8 Å². The zero-order valence-electron chi connectivity index (χ0n) is 38.0. The molecular weight excluding hydrogens is 856 g/mol. The molecule has 0 aromatic heterocycles.